The Morgan fingerprint density at radius 1 is 1.14 bits per heavy atom. The first-order chi connectivity index (χ1) is 20.2. The van der Waals surface area contributed by atoms with Gasteiger partial charge in [0.05, 0.1) is 30.2 Å². The Balaban J connectivity index is 1.51. The summed E-state index contributed by atoms with van der Waals surface area (Å²) in [5, 5.41) is 13.8. The number of hydrogen-bond donors (Lipinski definition) is 2. The van der Waals surface area contributed by atoms with Gasteiger partial charge in [-0.15, -0.1) is 5.10 Å². The minimum Gasteiger partial charge on any atom is -0.404 e. The molecule has 5 rings (SSSR count). The van der Waals surface area contributed by atoms with Crippen molar-refractivity contribution in [2.45, 2.75) is 32.2 Å². The second kappa shape index (κ2) is 12.0. The van der Waals surface area contributed by atoms with Crippen LogP contribution in [-0.4, -0.2) is 64.9 Å². The average molecular weight is 579 g/mol. The smallest absolute Gasteiger partial charge is 0.404 e. The van der Waals surface area contributed by atoms with Crippen LogP contribution in [0.5, 0.6) is 0 Å². The minimum atomic E-state index is -4.61. The third-order valence-electron chi connectivity index (χ3n) is 6.90. The van der Waals surface area contributed by atoms with Crippen molar-refractivity contribution in [1.82, 2.24) is 15.1 Å². The van der Waals surface area contributed by atoms with Gasteiger partial charge in [0, 0.05) is 35.0 Å². The maximum absolute atomic E-state index is 13.7. The predicted molar refractivity (Wildman–Crippen MR) is 153 cm³/mol. The molecule has 1 aromatic heterocycles. The number of carbonyl (C=O) groups excluding carboxylic acids is 1. The molecule has 42 heavy (non-hydrogen) atoms. The molecule has 2 atom stereocenters. The molecular weight excluding hydrogens is 549 g/mol. The molecule has 2 unspecified atom stereocenters. The number of anilines is 2. The Morgan fingerprint density at radius 2 is 1.88 bits per heavy atom. The summed E-state index contributed by atoms with van der Waals surface area (Å²) in [6, 6.07) is 16.4. The number of aliphatic imine (C=N–C) groups is 1. The molecule has 3 heterocycles. The van der Waals surface area contributed by atoms with E-state index in [0.29, 0.717) is 36.7 Å². The molecule has 0 saturated carbocycles. The molecule has 1 fully saturated rings. The molecular formula is C30H29F3N6O3. The number of halogens is 3. The van der Waals surface area contributed by atoms with Gasteiger partial charge in [-0.2, -0.15) is 13.2 Å². The van der Waals surface area contributed by atoms with Gasteiger partial charge < -0.3 is 24.7 Å². The molecule has 2 aliphatic rings. The quantitative estimate of drug-likeness (QED) is 0.361. The summed E-state index contributed by atoms with van der Waals surface area (Å²) in [6.07, 6.45) is -3.96. The fourth-order valence-corrected chi connectivity index (χ4v) is 4.74. The van der Waals surface area contributed by atoms with Gasteiger partial charge in [-0.25, -0.2) is 4.99 Å². The number of benzene rings is 2. The van der Waals surface area contributed by atoms with Crippen molar-refractivity contribution < 1.29 is 27.1 Å². The maximum Gasteiger partial charge on any atom is 0.416 e. The first-order valence-corrected chi connectivity index (χ1v) is 13.3. The van der Waals surface area contributed by atoms with Gasteiger partial charge in [0.25, 0.3) is 5.91 Å². The van der Waals surface area contributed by atoms with Gasteiger partial charge in [0.2, 0.25) is 12.1 Å². The number of allylic oxidation sites excluding steroid dienone is 4. The van der Waals surface area contributed by atoms with Crippen molar-refractivity contribution in [2.75, 3.05) is 30.4 Å². The Kier molecular flexibility index (Phi) is 8.25. The number of ether oxygens (including phenoxy) is 1. The van der Waals surface area contributed by atoms with Gasteiger partial charge >= 0.3 is 12.2 Å². The van der Waals surface area contributed by atoms with Gasteiger partial charge in [0.15, 0.2) is 0 Å². The molecule has 0 radical (unpaired) electrons. The molecule has 2 aromatic carbocycles. The Hall–Kier alpha value is -4.71. The Bertz CT molecular complexity index is 1560. The fourth-order valence-electron chi connectivity index (χ4n) is 4.74. The van der Waals surface area contributed by atoms with Crippen LogP contribution in [0.15, 0.2) is 94.0 Å². The lowest BCUT2D eigenvalue weighted by Crippen LogP contribution is -2.43. The standard InChI is InChI=1S/C30H29F3N6O3/c1-4-21(30(31,32)33)16-24(39-14-15-41-17-18(39)2)19(3)28-37-38-29(42-28)36-26-27(40)34-23-13-9-8-12-22(23)25(35-26)20-10-6-5-7-11-20/h4-13,16,18,26H,1,14-15,17H2,2-3H3,(H,34,40)(H,36,38)/b21-16+,24-19-. The van der Waals surface area contributed by atoms with E-state index in [9.17, 15) is 18.0 Å². The van der Waals surface area contributed by atoms with Crippen molar-refractivity contribution in [3.05, 3.63) is 102 Å². The first-order valence-electron chi connectivity index (χ1n) is 13.3. The van der Waals surface area contributed by atoms with Crippen LogP contribution in [0.2, 0.25) is 0 Å². The highest BCUT2D eigenvalue weighted by Gasteiger charge is 2.34. The normalized spacial score (nSPS) is 20.1. The van der Waals surface area contributed by atoms with E-state index < -0.39 is 23.8 Å². The van der Waals surface area contributed by atoms with E-state index in [4.69, 9.17) is 14.1 Å². The zero-order valence-electron chi connectivity index (χ0n) is 23.0. The number of nitrogens with zero attached hydrogens (tertiary/aromatic N) is 4. The molecule has 218 valence electrons. The van der Waals surface area contributed by atoms with Gasteiger partial charge in [-0.05, 0) is 26.0 Å². The number of hydrogen-bond acceptors (Lipinski definition) is 8. The van der Waals surface area contributed by atoms with Crippen LogP contribution >= 0.6 is 0 Å². The lowest BCUT2D eigenvalue weighted by atomic mass is 10.0. The van der Waals surface area contributed by atoms with Crippen molar-refractivity contribution >= 4 is 28.9 Å². The Morgan fingerprint density at radius 3 is 2.60 bits per heavy atom. The third kappa shape index (κ3) is 6.13. The number of benzodiazepines with no additional fused rings is 1. The highest BCUT2D eigenvalue weighted by molar-refractivity contribution is 6.19. The van der Waals surface area contributed by atoms with Crippen molar-refractivity contribution in [3.8, 4) is 0 Å². The number of para-hydroxylation sites is 1. The summed E-state index contributed by atoms with van der Waals surface area (Å²) < 4.78 is 52.4. The highest BCUT2D eigenvalue weighted by Crippen LogP contribution is 2.32. The number of morpholine rings is 1. The van der Waals surface area contributed by atoms with E-state index in [2.05, 4.69) is 27.4 Å². The van der Waals surface area contributed by atoms with Crippen molar-refractivity contribution in [2.24, 2.45) is 4.99 Å². The van der Waals surface area contributed by atoms with E-state index in [0.717, 1.165) is 23.3 Å². The minimum absolute atomic E-state index is 0.0161. The molecule has 1 saturated heterocycles. The number of aromatic nitrogens is 2. The largest absolute Gasteiger partial charge is 0.416 e. The van der Waals surface area contributed by atoms with Crippen LogP contribution in [0.1, 0.15) is 30.9 Å². The van der Waals surface area contributed by atoms with E-state index in [1.54, 1.807) is 17.9 Å². The van der Waals surface area contributed by atoms with E-state index in [1.807, 2.05) is 55.5 Å². The molecule has 3 aromatic rings. The van der Waals surface area contributed by atoms with Crippen LogP contribution in [0.25, 0.3) is 5.57 Å². The number of fused-ring (bicyclic) bond motifs is 1. The molecule has 0 bridgehead atoms. The summed E-state index contributed by atoms with van der Waals surface area (Å²) in [4.78, 5) is 19.7. The van der Waals surface area contributed by atoms with E-state index in [-0.39, 0.29) is 23.6 Å². The van der Waals surface area contributed by atoms with Crippen molar-refractivity contribution in [1.29, 1.82) is 0 Å². The summed E-state index contributed by atoms with van der Waals surface area (Å²) >= 11 is 0. The number of amides is 1. The fraction of sp³-hybridized carbons (Fsp3) is 0.267. The predicted octanol–water partition coefficient (Wildman–Crippen LogP) is 5.42. The molecule has 12 heteroatoms. The SMILES string of the molecule is C=C/C(=C\C(=C(/C)c1nnc(NC2N=C(c3ccccc3)c3ccccc3NC2=O)o1)N1CCOCC1C)C(F)(F)F. The average Bonchev–Trinajstić information content (AvgIpc) is 3.39. The van der Waals surface area contributed by atoms with Crippen LogP contribution in [0, 0.1) is 0 Å². The number of rotatable bonds is 7. The monoisotopic (exact) mass is 578 g/mol. The topological polar surface area (TPSA) is 105 Å². The summed E-state index contributed by atoms with van der Waals surface area (Å²) in [5.41, 5.74) is 2.38. The van der Waals surface area contributed by atoms with Gasteiger partial charge in [-0.1, -0.05) is 66.3 Å². The van der Waals surface area contributed by atoms with Gasteiger partial charge in [0.1, 0.15) is 0 Å². The zero-order chi connectivity index (χ0) is 29.9. The maximum atomic E-state index is 13.7. The molecule has 9 nitrogen and oxygen atoms in total. The van der Waals surface area contributed by atoms with Crippen molar-refractivity contribution in [3.63, 3.8) is 0 Å². The van der Waals surface area contributed by atoms with Crippen LogP contribution in [0.4, 0.5) is 24.9 Å². The lowest BCUT2D eigenvalue weighted by molar-refractivity contribution is -0.116. The first kappa shape index (κ1) is 28.8. The molecule has 0 spiro atoms. The zero-order valence-corrected chi connectivity index (χ0v) is 23.0. The van der Waals surface area contributed by atoms with Gasteiger partial charge in [-0.3, -0.25) is 4.79 Å². The summed E-state index contributed by atoms with van der Waals surface area (Å²) in [6.45, 7) is 7.85. The van der Waals surface area contributed by atoms with Crippen LogP contribution in [-0.2, 0) is 9.53 Å². The second-order valence-electron chi connectivity index (χ2n) is 9.77. The highest BCUT2D eigenvalue weighted by atomic mass is 19.4. The lowest BCUT2D eigenvalue weighted by Gasteiger charge is -2.37. The third-order valence-corrected chi connectivity index (χ3v) is 6.90. The van der Waals surface area contributed by atoms with E-state index >= 15 is 0 Å². The second-order valence-corrected chi connectivity index (χ2v) is 9.77. The molecule has 0 aliphatic carbocycles. The van der Waals surface area contributed by atoms with Crippen LogP contribution in [0.3, 0.4) is 0 Å². The number of carbonyl (C=O) groups is 1. The summed E-state index contributed by atoms with van der Waals surface area (Å²) in [5.74, 6) is -0.468. The van der Waals surface area contributed by atoms with E-state index in [1.165, 1.54) is 0 Å². The number of nitrogens with one attached hydrogen (secondary N) is 2. The Labute approximate surface area is 240 Å². The molecule has 2 N–H and O–H groups in total. The van der Waals surface area contributed by atoms with Crippen LogP contribution < -0.4 is 10.6 Å². The molecule has 1 amide bonds. The summed E-state index contributed by atoms with van der Waals surface area (Å²) in [7, 11) is 0. The molecule has 2 aliphatic heterocycles. The number of alkyl halides is 3.